The molecule has 0 bridgehead atoms. The van der Waals surface area contributed by atoms with Crippen molar-refractivity contribution in [3.05, 3.63) is 98.1 Å². The van der Waals surface area contributed by atoms with Crippen LogP contribution in [0.1, 0.15) is 38.8 Å². The van der Waals surface area contributed by atoms with Crippen LogP contribution < -0.4 is 4.74 Å². The smallest absolute Gasteiger partial charge is 0.416 e. The number of ether oxygens (including phenoxy) is 2. The van der Waals surface area contributed by atoms with Gasteiger partial charge in [0, 0.05) is 11.6 Å². The van der Waals surface area contributed by atoms with Crippen molar-refractivity contribution >= 4 is 63.6 Å². The van der Waals surface area contributed by atoms with E-state index >= 15 is 0 Å². The summed E-state index contributed by atoms with van der Waals surface area (Å²) >= 11 is 17.5. The number of nitrogens with zero attached hydrogens (tertiary/aromatic N) is 1. The third-order valence-corrected chi connectivity index (χ3v) is 6.37. The highest BCUT2D eigenvalue weighted by molar-refractivity contribution is 6.35. The van der Waals surface area contributed by atoms with Gasteiger partial charge in [0.05, 0.1) is 31.7 Å². The van der Waals surface area contributed by atoms with Gasteiger partial charge in [-0.05, 0) is 67.9 Å². The standard InChI is InChI=1S/C17H11Cl2F3O5.C11H8ClNO2/c1-8(15(23)24)26-16(25)11-7-10(3-4-12(11)18)27-14-5-2-9(6-13(14)19)17(20,21)22;1-6-4-7-2-3-8(12)9(11(14)15)10(7)13-5-6/h2-8H,1H3,(H,23,24);2-5H,1H3,(H,14,15)/t8-;/m0./s1. The molecular weight excluding hydrogens is 626 g/mol. The normalized spacial score (nSPS) is 11.7. The number of aliphatic carboxylic acids is 1. The minimum Gasteiger partial charge on any atom is -0.479 e. The molecule has 0 aliphatic carbocycles. The molecule has 0 unspecified atom stereocenters. The molecule has 0 radical (unpaired) electrons. The van der Waals surface area contributed by atoms with Crippen molar-refractivity contribution in [2.24, 2.45) is 0 Å². The van der Waals surface area contributed by atoms with E-state index in [1.165, 1.54) is 12.1 Å². The van der Waals surface area contributed by atoms with Gasteiger partial charge in [0.15, 0.2) is 6.10 Å². The van der Waals surface area contributed by atoms with E-state index in [-0.39, 0.29) is 37.7 Å². The van der Waals surface area contributed by atoms with Gasteiger partial charge in [-0.1, -0.05) is 40.9 Å². The van der Waals surface area contributed by atoms with E-state index in [0.717, 1.165) is 36.1 Å². The summed E-state index contributed by atoms with van der Waals surface area (Å²) in [5.41, 5.74) is 0.365. The molecule has 0 saturated heterocycles. The van der Waals surface area contributed by atoms with Crippen LogP contribution in [0.4, 0.5) is 13.2 Å². The van der Waals surface area contributed by atoms with E-state index in [4.69, 9.17) is 54.5 Å². The number of aromatic carboxylic acids is 1. The quantitative estimate of drug-likeness (QED) is 0.201. The number of rotatable bonds is 6. The number of carbonyl (C=O) groups is 3. The van der Waals surface area contributed by atoms with Gasteiger partial charge in [-0.25, -0.2) is 14.4 Å². The summed E-state index contributed by atoms with van der Waals surface area (Å²) in [6.45, 7) is 3.07. The number of esters is 1. The van der Waals surface area contributed by atoms with Crippen LogP contribution in [0.25, 0.3) is 10.9 Å². The average molecular weight is 645 g/mol. The number of alkyl halides is 3. The lowest BCUT2D eigenvalue weighted by molar-refractivity contribution is -0.146. The van der Waals surface area contributed by atoms with E-state index in [2.05, 4.69) is 4.98 Å². The largest absolute Gasteiger partial charge is 0.479 e. The zero-order chi connectivity index (χ0) is 31.4. The molecule has 14 heteroatoms. The van der Waals surface area contributed by atoms with Gasteiger partial charge in [0.2, 0.25) is 0 Å². The number of fused-ring (bicyclic) bond motifs is 1. The van der Waals surface area contributed by atoms with Crippen LogP contribution in [0.2, 0.25) is 15.1 Å². The molecule has 1 atom stereocenters. The van der Waals surface area contributed by atoms with E-state index in [1.807, 2.05) is 13.0 Å². The Bertz CT molecular complexity index is 1680. The molecule has 3 aromatic carbocycles. The topological polar surface area (TPSA) is 123 Å². The summed E-state index contributed by atoms with van der Waals surface area (Å²) in [5, 5.41) is 18.5. The van der Waals surface area contributed by atoms with Gasteiger partial charge in [-0.3, -0.25) is 4.98 Å². The summed E-state index contributed by atoms with van der Waals surface area (Å²) in [5.74, 6) is -3.44. The summed E-state index contributed by atoms with van der Waals surface area (Å²) in [6.07, 6.45) is -4.33. The zero-order valence-electron chi connectivity index (χ0n) is 21.5. The lowest BCUT2D eigenvalue weighted by atomic mass is 10.1. The van der Waals surface area contributed by atoms with Crippen LogP contribution in [0, 0.1) is 6.92 Å². The van der Waals surface area contributed by atoms with Crippen molar-refractivity contribution in [3.8, 4) is 11.5 Å². The maximum atomic E-state index is 12.7. The fraction of sp³-hybridized carbons (Fsp3) is 0.143. The Morgan fingerprint density at radius 1 is 0.905 bits per heavy atom. The molecule has 0 saturated carbocycles. The van der Waals surface area contributed by atoms with Crippen molar-refractivity contribution in [1.82, 2.24) is 4.98 Å². The van der Waals surface area contributed by atoms with E-state index < -0.39 is 35.8 Å². The Labute approximate surface area is 251 Å². The first kappa shape index (κ1) is 32.5. The number of carboxylic acids is 2. The molecule has 0 spiro atoms. The Hall–Kier alpha value is -4.06. The average Bonchev–Trinajstić information content (AvgIpc) is 2.90. The Balaban J connectivity index is 0.000000271. The molecule has 0 fully saturated rings. The van der Waals surface area contributed by atoms with Crippen LogP contribution in [0.3, 0.4) is 0 Å². The van der Waals surface area contributed by atoms with Crippen molar-refractivity contribution in [3.63, 3.8) is 0 Å². The number of pyridine rings is 1. The van der Waals surface area contributed by atoms with Crippen LogP contribution in [0.15, 0.2) is 60.8 Å². The molecule has 1 heterocycles. The molecule has 0 aliphatic heterocycles. The Morgan fingerprint density at radius 2 is 1.57 bits per heavy atom. The number of aromatic nitrogens is 1. The second-order valence-electron chi connectivity index (χ2n) is 8.58. The van der Waals surface area contributed by atoms with E-state index in [9.17, 15) is 27.6 Å². The highest BCUT2D eigenvalue weighted by Gasteiger charge is 2.31. The Kier molecular flexibility index (Phi) is 10.3. The number of carbonyl (C=O) groups excluding carboxylic acids is 1. The minimum atomic E-state index is -4.56. The van der Waals surface area contributed by atoms with Gasteiger partial charge in [0.25, 0.3) is 0 Å². The van der Waals surface area contributed by atoms with Crippen LogP contribution in [-0.2, 0) is 15.7 Å². The number of halogens is 6. The predicted octanol–water partition coefficient (Wildman–Crippen LogP) is 8.33. The molecule has 0 amide bonds. The molecule has 4 rings (SSSR count). The van der Waals surface area contributed by atoms with Gasteiger partial charge >= 0.3 is 24.1 Å². The molecule has 0 aliphatic rings. The zero-order valence-corrected chi connectivity index (χ0v) is 23.8. The third-order valence-electron chi connectivity index (χ3n) is 5.43. The summed E-state index contributed by atoms with van der Waals surface area (Å²) in [6, 6.07) is 11.6. The van der Waals surface area contributed by atoms with Gasteiger partial charge < -0.3 is 19.7 Å². The predicted molar refractivity (Wildman–Crippen MR) is 149 cm³/mol. The van der Waals surface area contributed by atoms with E-state index in [0.29, 0.717) is 11.6 Å². The molecule has 2 N–H and O–H groups in total. The number of hydrogen-bond acceptors (Lipinski definition) is 6. The number of benzene rings is 3. The Morgan fingerprint density at radius 3 is 2.17 bits per heavy atom. The van der Waals surface area contributed by atoms with Gasteiger partial charge in [0.1, 0.15) is 17.1 Å². The highest BCUT2D eigenvalue weighted by Crippen LogP contribution is 2.37. The van der Waals surface area contributed by atoms with Crippen LogP contribution in [0.5, 0.6) is 11.5 Å². The molecular formula is C28H19Cl3F3NO7. The van der Waals surface area contributed by atoms with Crippen molar-refractivity contribution in [2.75, 3.05) is 0 Å². The fourth-order valence-electron chi connectivity index (χ4n) is 3.38. The second kappa shape index (κ2) is 13.3. The lowest BCUT2D eigenvalue weighted by Gasteiger charge is -2.13. The summed E-state index contributed by atoms with van der Waals surface area (Å²) in [7, 11) is 0. The number of carboxylic acid groups (broad SMARTS) is 2. The molecule has 42 heavy (non-hydrogen) atoms. The lowest BCUT2D eigenvalue weighted by Crippen LogP contribution is -2.23. The maximum absolute atomic E-state index is 12.7. The van der Waals surface area contributed by atoms with Crippen molar-refractivity contribution in [2.45, 2.75) is 26.1 Å². The van der Waals surface area contributed by atoms with Crippen LogP contribution in [-0.4, -0.2) is 39.2 Å². The molecule has 1 aromatic heterocycles. The van der Waals surface area contributed by atoms with Crippen molar-refractivity contribution < 1.29 is 47.2 Å². The molecule has 4 aromatic rings. The first-order valence-electron chi connectivity index (χ1n) is 11.6. The minimum absolute atomic E-state index is 0.0246. The fourth-order valence-corrected chi connectivity index (χ4v) is 4.02. The first-order chi connectivity index (χ1) is 19.6. The van der Waals surface area contributed by atoms with Gasteiger partial charge in [-0.15, -0.1) is 0 Å². The van der Waals surface area contributed by atoms with Crippen LogP contribution >= 0.6 is 34.8 Å². The van der Waals surface area contributed by atoms with Crippen molar-refractivity contribution in [1.29, 1.82) is 0 Å². The third kappa shape index (κ3) is 8.03. The highest BCUT2D eigenvalue weighted by atomic mass is 35.5. The van der Waals surface area contributed by atoms with E-state index in [1.54, 1.807) is 18.3 Å². The summed E-state index contributed by atoms with van der Waals surface area (Å²) in [4.78, 5) is 37.9. The first-order valence-corrected chi connectivity index (χ1v) is 12.8. The molecule has 220 valence electrons. The SMILES string of the molecule is C[C@H](OC(=O)c1cc(Oc2ccc(C(F)(F)F)cc2Cl)ccc1Cl)C(=O)O.Cc1cnc2c(C(=O)O)c(Cl)ccc2c1. The number of hydrogen-bond donors (Lipinski definition) is 2. The van der Waals surface area contributed by atoms with Gasteiger partial charge in [-0.2, -0.15) is 13.2 Å². The summed E-state index contributed by atoms with van der Waals surface area (Å²) < 4.78 is 48.1. The number of aryl methyl sites for hydroxylation is 1. The maximum Gasteiger partial charge on any atom is 0.416 e. The second-order valence-corrected chi connectivity index (χ2v) is 9.81. The molecule has 8 nitrogen and oxygen atoms in total. The monoisotopic (exact) mass is 643 g/mol.